The lowest BCUT2D eigenvalue weighted by atomic mass is 9.82. The van der Waals surface area contributed by atoms with Gasteiger partial charge in [0.2, 0.25) is 0 Å². The Kier molecular flexibility index (Phi) is 2.93. The van der Waals surface area contributed by atoms with E-state index >= 15 is 0 Å². The average molecular weight is 207 g/mol. The number of benzene rings is 1. The summed E-state index contributed by atoms with van der Waals surface area (Å²) in [4.78, 5) is 0. The van der Waals surface area contributed by atoms with Gasteiger partial charge in [-0.1, -0.05) is 35.9 Å². The van der Waals surface area contributed by atoms with E-state index in [1.54, 1.807) is 0 Å². The van der Waals surface area contributed by atoms with Gasteiger partial charge < -0.3 is 0 Å². The Balaban J connectivity index is 2.12. The second-order valence-electron chi connectivity index (χ2n) is 4.08. The molecular formula is C13H15Cl. The van der Waals surface area contributed by atoms with Gasteiger partial charge >= 0.3 is 0 Å². The van der Waals surface area contributed by atoms with Gasteiger partial charge in [0.25, 0.3) is 0 Å². The van der Waals surface area contributed by atoms with E-state index < -0.39 is 0 Å². The van der Waals surface area contributed by atoms with E-state index in [2.05, 4.69) is 18.7 Å². The summed E-state index contributed by atoms with van der Waals surface area (Å²) in [7, 11) is 0. The molecule has 1 aromatic carbocycles. The molecule has 0 atom stereocenters. The van der Waals surface area contributed by atoms with Crippen LogP contribution in [0.1, 0.15) is 37.2 Å². The molecule has 0 bridgehead atoms. The minimum absolute atomic E-state index is 0.694. The van der Waals surface area contributed by atoms with Gasteiger partial charge in [-0.15, -0.1) is 0 Å². The van der Waals surface area contributed by atoms with E-state index in [0.717, 1.165) is 5.02 Å². The second kappa shape index (κ2) is 4.18. The van der Waals surface area contributed by atoms with E-state index in [-0.39, 0.29) is 0 Å². The van der Waals surface area contributed by atoms with E-state index in [9.17, 15) is 0 Å². The van der Waals surface area contributed by atoms with Crippen molar-refractivity contribution in [2.45, 2.75) is 31.6 Å². The van der Waals surface area contributed by atoms with Crippen molar-refractivity contribution in [1.82, 2.24) is 0 Å². The van der Waals surface area contributed by atoms with Crippen molar-refractivity contribution in [3.63, 3.8) is 0 Å². The molecule has 1 aromatic rings. The molecule has 0 aliphatic heterocycles. The molecule has 2 rings (SSSR count). The molecule has 0 radical (unpaired) electrons. The first-order valence-electron chi connectivity index (χ1n) is 5.18. The van der Waals surface area contributed by atoms with E-state index in [1.165, 1.54) is 36.8 Å². The third-order valence-electron chi connectivity index (χ3n) is 3.01. The highest BCUT2D eigenvalue weighted by Gasteiger charge is 2.17. The highest BCUT2D eigenvalue weighted by molar-refractivity contribution is 6.30. The molecule has 0 saturated heterocycles. The fraction of sp³-hybridized carbons (Fsp3) is 0.385. The number of halogens is 1. The van der Waals surface area contributed by atoms with Gasteiger partial charge in [-0.25, -0.2) is 0 Å². The van der Waals surface area contributed by atoms with E-state index in [1.807, 2.05) is 12.1 Å². The third kappa shape index (κ3) is 2.19. The molecule has 0 N–H and O–H groups in total. The molecule has 0 spiro atoms. The summed E-state index contributed by atoms with van der Waals surface area (Å²) in [5.74, 6) is 0.694. The maximum absolute atomic E-state index is 5.98. The summed E-state index contributed by atoms with van der Waals surface area (Å²) < 4.78 is 0. The van der Waals surface area contributed by atoms with Crippen LogP contribution in [0.25, 0.3) is 0 Å². The minimum Gasteiger partial charge on any atom is -0.0999 e. The Labute approximate surface area is 90.6 Å². The molecule has 1 heteroatoms. The van der Waals surface area contributed by atoms with Gasteiger partial charge in [-0.2, -0.15) is 0 Å². The van der Waals surface area contributed by atoms with Gasteiger partial charge in [0.1, 0.15) is 0 Å². The Bertz CT molecular complexity index is 331. The van der Waals surface area contributed by atoms with Crippen LogP contribution >= 0.6 is 11.6 Å². The molecule has 0 nitrogen and oxygen atoms in total. The van der Waals surface area contributed by atoms with Crippen molar-refractivity contribution in [3.8, 4) is 0 Å². The van der Waals surface area contributed by atoms with Gasteiger partial charge in [0, 0.05) is 5.02 Å². The van der Waals surface area contributed by atoms with E-state index in [4.69, 9.17) is 11.6 Å². The predicted octanol–water partition coefficient (Wildman–Crippen LogP) is 4.55. The topological polar surface area (TPSA) is 0 Å². The lowest BCUT2D eigenvalue weighted by molar-refractivity contribution is 0.518. The van der Waals surface area contributed by atoms with Crippen LogP contribution < -0.4 is 0 Å². The van der Waals surface area contributed by atoms with Crippen molar-refractivity contribution in [2.75, 3.05) is 0 Å². The number of hydrogen-bond acceptors (Lipinski definition) is 0. The summed E-state index contributed by atoms with van der Waals surface area (Å²) in [6.07, 6.45) is 4.83. The van der Waals surface area contributed by atoms with Crippen molar-refractivity contribution in [2.24, 2.45) is 0 Å². The Morgan fingerprint density at radius 2 is 1.93 bits per heavy atom. The molecule has 0 unspecified atom stereocenters. The Morgan fingerprint density at radius 1 is 1.21 bits per heavy atom. The normalized spacial score (nSPS) is 18.5. The van der Waals surface area contributed by atoms with Crippen LogP contribution in [-0.4, -0.2) is 0 Å². The van der Waals surface area contributed by atoms with Gasteiger partial charge in [-0.3, -0.25) is 0 Å². The molecule has 14 heavy (non-hydrogen) atoms. The molecule has 1 aliphatic rings. The molecule has 1 saturated carbocycles. The van der Waals surface area contributed by atoms with Crippen LogP contribution in [0.5, 0.6) is 0 Å². The minimum atomic E-state index is 0.694. The smallest absolute Gasteiger partial charge is 0.0408 e. The zero-order chi connectivity index (χ0) is 9.97. The molecular weight excluding hydrogens is 192 g/mol. The van der Waals surface area contributed by atoms with Crippen molar-refractivity contribution in [3.05, 3.63) is 47.0 Å². The molecule has 1 aliphatic carbocycles. The first-order chi connectivity index (χ1) is 6.75. The van der Waals surface area contributed by atoms with Gasteiger partial charge in [0.05, 0.1) is 0 Å². The number of allylic oxidation sites excluding steroid dienone is 1. The zero-order valence-corrected chi connectivity index (χ0v) is 9.06. The largest absolute Gasteiger partial charge is 0.0999 e. The van der Waals surface area contributed by atoms with Crippen LogP contribution in [0.15, 0.2) is 36.4 Å². The highest BCUT2D eigenvalue weighted by Crippen LogP contribution is 2.35. The van der Waals surface area contributed by atoms with Gasteiger partial charge in [-0.05, 0) is 49.3 Å². The standard InChI is InChI=1S/C13H15Cl/c1-10-5-7-11(8-6-10)12-3-2-4-13(14)9-12/h2-4,9,11H,1,5-8H2. The number of hydrogen-bond donors (Lipinski definition) is 0. The molecule has 0 aromatic heterocycles. The second-order valence-corrected chi connectivity index (χ2v) is 4.52. The van der Waals surface area contributed by atoms with Crippen LogP contribution in [0.4, 0.5) is 0 Å². The van der Waals surface area contributed by atoms with Crippen molar-refractivity contribution >= 4 is 11.6 Å². The molecule has 0 amide bonds. The number of rotatable bonds is 1. The maximum Gasteiger partial charge on any atom is 0.0408 e. The summed E-state index contributed by atoms with van der Waals surface area (Å²) in [5, 5.41) is 0.854. The molecule has 0 heterocycles. The van der Waals surface area contributed by atoms with Crippen molar-refractivity contribution in [1.29, 1.82) is 0 Å². The average Bonchev–Trinajstić information content (AvgIpc) is 2.19. The fourth-order valence-electron chi connectivity index (χ4n) is 2.12. The monoisotopic (exact) mass is 206 g/mol. The summed E-state index contributed by atoms with van der Waals surface area (Å²) >= 11 is 5.98. The highest BCUT2D eigenvalue weighted by atomic mass is 35.5. The summed E-state index contributed by atoms with van der Waals surface area (Å²) in [6, 6.07) is 8.26. The lowest BCUT2D eigenvalue weighted by Gasteiger charge is -2.23. The summed E-state index contributed by atoms with van der Waals surface area (Å²) in [6.45, 7) is 4.03. The maximum atomic E-state index is 5.98. The quantitative estimate of drug-likeness (QED) is 0.592. The van der Waals surface area contributed by atoms with Crippen LogP contribution in [0, 0.1) is 0 Å². The van der Waals surface area contributed by atoms with E-state index in [0.29, 0.717) is 5.92 Å². The third-order valence-corrected chi connectivity index (χ3v) is 3.25. The van der Waals surface area contributed by atoms with Crippen LogP contribution in [0.2, 0.25) is 5.02 Å². The van der Waals surface area contributed by atoms with Crippen molar-refractivity contribution < 1.29 is 0 Å². The first kappa shape index (κ1) is 9.79. The predicted molar refractivity (Wildman–Crippen MR) is 61.8 cm³/mol. The SMILES string of the molecule is C=C1CCC(c2cccc(Cl)c2)CC1. The Hall–Kier alpha value is -0.750. The van der Waals surface area contributed by atoms with Crippen LogP contribution in [0.3, 0.4) is 0 Å². The lowest BCUT2D eigenvalue weighted by Crippen LogP contribution is -2.05. The zero-order valence-electron chi connectivity index (χ0n) is 8.30. The summed E-state index contributed by atoms with van der Waals surface area (Å²) in [5.41, 5.74) is 2.80. The fourth-order valence-corrected chi connectivity index (χ4v) is 2.32. The molecule has 1 fully saturated rings. The van der Waals surface area contributed by atoms with Gasteiger partial charge in [0.15, 0.2) is 0 Å². The first-order valence-corrected chi connectivity index (χ1v) is 5.55. The molecule has 74 valence electrons. The van der Waals surface area contributed by atoms with Crippen LogP contribution in [-0.2, 0) is 0 Å². The Morgan fingerprint density at radius 3 is 2.57 bits per heavy atom.